The molecule has 0 spiro atoms. The Hall–Kier alpha value is -0.660. The minimum Gasteiger partial charge on any atom is -0.468 e. The molecule has 6 nitrogen and oxygen atoms in total. The lowest BCUT2D eigenvalue weighted by Gasteiger charge is -2.41. The molecule has 0 radical (unpaired) electrons. The third-order valence-electron chi connectivity index (χ3n) is 2.59. The highest BCUT2D eigenvalue weighted by atomic mass is 32.2. The van der Waals surface area contributed by atoms with Crippen molar-refractivity contribution in [1.82, 2.24) is 9.62 Å². The van der Waals surface area contributed by atoms with Crippen LogP contribution in [0.2, 0.25) is 0 Å². The van der Waals surface area contributed by atoms with E-state index < -0.39 is 27.3 Å². The smallest absolute Gasteiger partial charge is 0.322 e. The van der Waals surface area contributed by atoms with Crippen LogP contribution in [-0.2, 0) is 19.6 Å². The number of piperazine rings is 1. The summed E-state index contributed by atoms with van der Waals surface area (Å²) in [7, 11) is -2.40. The number of rotatable bonds is 3. The Labute approximate surface area is 96.0 Å². The van der Waals surface area contributed by atoms with E-state index >= 15 is 0 Å². The van der Waals surface area contributed by atoms with Crippen molar-refractivity contribution in [3.63, 3.8) is 0 Å². The van der Waals surface area contributed by atoms with Gasteiger partial charge in [-0.15, -0.1) is 0 Å². The van der Waals surface area contributed by atoms with Gasteiger partial charge >= 0.3 is 5.97 Å². The molecule has 1 fully saturated rings. The highest BCUT2D eigenvalue weighted by Crippen LogP contribution is 2.20. The van der Waals surface area contributed by atoms with Crippen LogP contribution in [0, 0.1) is 0 Å². The minimum atomic E-state index is -3.58. The number of ether oxygens (including phenoxy) is 1. The van der Waals surface area contributed by atoms with Gasteiger partial charge in [0.2, 0.25) is 10.0 Å². The van der Waals surface area contributed by atoms with E-state index in [1.165, 1.54) is 11.4 Å². The van der Waals surface area contributed by atoms with E-state index in [0.29, 0.717) is 19.6 Å². The quantitative estimate of drug-likeness (QED) is 0.662. The van der Waals surface area contributed by atoms with Crippen LogP contribution in [0.1, 0.15) is 13.8 Å². The second-order valence-electron chi connectivity index (χ2n) is 4.39. The number of methoxy groups -OCH3 is 1. The average Bonchev–Trinajstić information content (AvgIpc) is 2.15. The van der Waals surface area contributed by atoms with Crippen molar-refractivity contribution in [2.24, 2.45) is 0 Å². The zero-order chi connectivity index (χ0) is 12.4. The monoisotopic (exact) mass is 250 g/mol. The van der Waals surface area contributed by atoms with Crippen molar-refractivity contribution < 1.29 is 17.9 Å². The van der Waals surface area contributed by atoms with E-state index in [1.807, 2.05) is 13.8 Å². The topological polar surface area (TPSA) is 75.7 Å². The van der Waals surface area contributed by atoms with Crippen LogP contribution in [0.25, 0.3) is 0 Å². The molecule has 1 aliphatic rings. The first-order valence-electron chi connectivity index (χ1n) is 5.08. The van der Waals surface area contributed by atoms with Crippen molar-refractivity contribution in [1.29, 1.82) is 0 Å². The Morgan fingerprint density at radius 1 is 1.50 bits per heavy atom. The highest BCUT2D eigenvalue weighted by molar-refractivity contribution is 7.89. The van der Waals surface area contributed by atoms with Gasteiger partial charge < -0.3 is 10.1 Å². The van der Waals surface area contributed by atoms with Crippen LogP contribution in [0.5, 0.6) is 0 Å². The number of carbonyl (C=O) groups is 1. The Morgan fingerprint density at radius 3 is 2.62 bits per heavy atom. The van der Waals surface area contributed by atoms with Gasteiger partial charge in [0.15, 0.2) is 5.75 Å². The summed E-state index contributed by atoms with van der Waals surface area (Å²) < 4.78 is 29.7. The molecule has 0 aromatic heterocycles. The molecule has 0 amide bonds. The van der Waals surface area contributed by atoms with Gasteiger partial charge in [0.25, 0.3) is 0 Å². The number of hydrogen-bond acceptors (Lipinski definition) is 5. The molecule has 94 valence electrons. The van der Waals surface area contributed by atoms with Gasteiger partial charge in [-0.2, -0.15) is 4.31 Å². The normalized spacial score (nSPS) is 21.7. The van der Waals surface area contributed by atoms with Crippen molar-refractivity contribution in [2.75, 3.05) is 32.5 Å². The van der Waals surface area contributed by atoms with Gasteiger partial charge in [0, 0.05) is 25.2 Å². The Balaban J connectivity index is 2.85. The molecule has 7 heteroatoms. The first kappa shape index (κ1) is 13.4. The number of sulfonamides is 1. The maximum atomic E-state index is 12.0. The summed E-state index contributed by atoms with van der Waals surface area (Å²) in [6.45, 7) is 5.21. The van der Waals surface area contributed by atoms with Gasteiger partial charge in [-0.3, -0.25) is 4.79 Å². The average molecular weight is 250 g/mol. The predicted molar refractivity (Wildman–Crippen MR) is 59.5 cm³/mol. The first-order valence-corrected chi connectivity index (χ1v) is 6.68. The van der Waals surface area contributed by atoms with Gasteiger partial charge in [-0.25, -0.2) is 8.42 Å². The molecular formula is C9H18N2O4S. The number of esters is 1. The standard InChI is InChI=1S/C9H18N2O4S/c1-9(2)7-10-4-5-11(9)16(13,14)6-8(12)15-3/h10H,4-7H2,1-3H3. The molecule has 1 rings (SSSR count). The SMILES string of the molecule is COC(=O)CS(=O)(=O)N1CCNCC1(C)C. The third kappa shape index (κ3) is 2.93. The van der Waals surface area contributed by atoms with Crippen LogP contribution in [0.15, 0.2) is 0 Å². The fourth-order valence-electron chi connectivity index (χ4n) is 1.77. The van der Waals surface area contributed by atoms with Crippen LogP contribution in [0.4, 0.5) is 0 Å². The second kappa shape index (κ2) is 4.68. The molecule has 0 aliphatic carbocycles. The van der Waals surface area contributed by atoms with Gasteiger partial charge in [0.05, 0.1) is 7.11 Å². The van der Waals surface area contributed by atoms with Crippen molar-refractivity contribution >= 4 is 16.0 Å². The zero-order valence-electron chi connectivity index (χ0n) is 9.82. The molecule has 1 aliphatic heterocycles. The minimum absolute atomic E-state index is 0.381. The summed E-state index contributed by atoms with van der Waals surface area (Å²) >= 11 is 0. The number of hydrogen-bond donors (Lipinski definition) is 1. The molecular weight excluding hydrogens is 232 g/mol. The maximum absolute atomic E-state index is 12.0. The predicted octanol–water partition coefficient (Wildman–Crippen LogP) is -0.827. The summed E-state index contributed by atoms with van der Waals surface area (Å²) in [6.07, 6.45) is 0. The van der Waals surface area contributed by atoms with Crippen LogP contribution >= 0.6 is 0 Å². The zero-order valence-corrected chi connectivity index (χ0v) is 10.6. The lowest BCUT2D eigenvalue weighted by Crippen LogP contribution is -2.60. The van der Waals surface area contributed by atoms with Crippen LogP contribution < -0.4 is 5.32 Å². The van der Waals surface area contributed by atoms with E-state index in [2.05, 4.69) is 10.1 Å². The maximum Gasteiger partial charge on any atom is 0.322 e. The first-order chi connectivity index (χ1) is 7.29. The van der Waals surface area contributed by atoms with Crippen LogP contribution in [-0.4, -0.2) is 56.7 Å². The van der Waals surface area contributed by atoms with Crippen molar-refractivity contribution in [3.05, 3.63) is 0 Å². The van der Waals surface area contributed by atoms with E-state index in [4.69, 9.17) is 0 Å². The fourth-order valence-corrected chi connectivity index (χ4v) is 3.53. The lowest BCUT2D eigenvalue weighted by molar-refractivity contribution is -0.137. The molecule has 1 N–H and O–H groups in total. The molecule has 0 atom stereocenters. The summed E-state index contributed by atoms with van der Waals surface area (Å²) in [5.41, 5.74) is -0.509. The summed E-state index contributed by atoms with van der Waals surface area (Å²) in [4.78, 5) is 11.0. The van der Waals surface area contributed by atoms with Gasteiger partial charge in [-0.1, -0.05) is 0 Å². The Kier molecular flexibility index (Phi) is 3.92. The van der Waals surface area contributed by atoms with E-state index in [0.717, 1.165) is 0 Å². The molecule has 0 aromatic carbocycles. The molecule has 0 saturated carbocycles. The van der Waals surface area contributed by atoms with Crippen molar-refractivity contribution in [2.45, 2.75) is 19.4 Å². The second-order valence-corrected chi connectivity index (χ2v) is 6.29. The molecule has 0 bridgehead atoms. The van der Waals surface area contributed by atoms with E-state index in [-0.39, 0.29) is 0 Å². The number of nitrogens with one attached hydrogen (secondary N) is 1. The summed E-state index contributed by atoms with van der Waals surface area (Å²) in [6, 6.07) is 0. The fraction of sp³-hybridized carbons (Fsp3) is 0.889. The molecule has 0 unspecified atom stereocenters. The van der Waals surface area contributed by atoms with Crippen molar-refractivity contribution in [3.8, 4) is 0 Å². The number of nitrogens with zero attached hydrogens (tertiary/aromatic N) is 1. The summed E-state index contributed by atoms with van der Waals surface area (Å²) in [5, 5.41) is 3.12. The van der Waals surface area contributed by atoms with E-state index in [9.17, 15) is 13.2 Å². The molecule has 1 heterocycles. The summed E-state index contributed by atoms with van der Waals surface area (Å²) in [5.74, 6) is -1.32. The molecule has 16 heavy (non-hydrogen) atoms. The lowest BCUT2D eigenvalue weighted by atomic mass is 10.0. The number of carbonyl (C=O) groups excluding carboxylic acids is 1. The van der Waals surface area contributed by atoms with Crippen LogP contribution in [0.3, 0.4) is 0 Å². The van der Waals surface area contributed by atoms with Gasteiger partial charge in [0.1, 0.15) is 0 Å². The molecule has 1 saturated heterocycles. The van der Waals surface area contributed by atoms with E-state index in [1.54, 1.807) is 0 Å². The third-order valence-corrected chi connectivity index (χ3v) is 4.54. The highest BCUT2D eigenvalue weighted by Gasteiger charge is 2.39. The van der Waals surface area contributed by atoms with Gasteiger partial charge in [-0.05, 0) is 13.8 Å². The largest absolute Gasteiger partial charge is 0.468 e. The molecule has 0 aromatic rings. The Morgan fingerprint density at radius 2 is 2.12 bits per heavy atom. The Bertz CT molecular complexity index is 364.